The molecule has 1 atom stereocenters. The molecule has 2 saturated heterocycles. The fourth-order valence-corrected chi connectivity index (χ4v) is 4.09. The Bertz CT molecular complexity index is 409. The van der Waals surface area contributed by atoms with E-state index < -0.39 is 0 Å². The summed E-state index contributed by atoms with van der Waals surface area (Å²) in [6, 6.07) is 0.252. The molecule has 4 fully saturated rings. The molecule has 2 saturated carbocycles. The molecule has 0 radical (unpaired) electrons. The molecular formula is C17H28N2O2. The van der Waals surface area contributed by atoms with Gasteiger partial charge in [-0.3, -0.25) is 4.79 Å². The lowest BCUT2D eigenvalue weighted by Gasteiger charge is -2.51. The second kappa shape index (κ2) is 5.24. The van der Waals surface area contributed by atoms with Crippen molar-refractivity contribution >= 4 is 5.91 Å². The number of nitrogens with zero attached hydrogens (tertiary/aromatic N) is 2. The molecule has 2 aliphatic carbocycles. The third-order valence-corrected chi connectivity index (χ3v) is 6.10. The van der Waals surface area contributed by atoms with Gasteiger partial charge in [0.05, 0.1) is 11.6 Å². The van der Waals surface area contributed by atoms with Gasteiger partial charge in [0.25, 0.3) is 0 Å². The van der Waals surface area contributed by atoms with E-state index in [2.05, 4.69) is 16.7 Å². The Morgan fingerprint density at radius 3 is 2.33 bits per heavy atom. The van der Waals surface area contributed by atoms with E-state index in [-0.39, 0.29) is 17.6 Å². The summed E-state index contributed by atoms with van der Waals surface area (Å²) in [5.74, 6) is 1.94. The molecule has 0 unspecified atom stereocenters. The molecule has 118 valence electrons. The Morgan fingerprint density at radius 1 is 1.10 bits per heavy atom. The monoisotopic (exact) mass is 292 g/mol. The van der Waals surface area contributed by atoms with Crippen LogP contribution in [0.3, 0.4) is 0 Å². The van der Waals surface area contributed by atoms with Crippen LogP contribution in [0.4, 0.5) is 0 Å². The van der Waals surface area contributed by atoms with Gasteiger partial charge in [-0.2, -0.15) is 0 Å². The molecule has 0 aromatic rings. The molecule has 2 heterocycles. The average molecular weight is 292 g/mol. The second-order valence-electron chi connectivity index (χ2n) is 7.76. The van der Waals surface area contributed by atoms with Crippen LogP contribution in [0.15, 0.2) is 0 Å². The van der Waals surface area contributed by atoms with Gasteiger partial charge in [-0.25, -0.2) is 0 Å². The number of morpholine rings is 1. The highest BCUT2D eigenvalue weighted by molar-refractivity contribution is 5.78. The lowest BCUT2D eigenvalue weighted by molar-refractivity contribution is -0.187. The fourth-order valence-electron chi connectivity index (χ4n) is 4.09. The van der Waals surface area contributed by atoms with Crippen LogP contribution in [-0.2, 0) is 9.53 Å². The van der Waals surface area contributed by atoms with Gasteiger partial charge < -0.3 is 14.5 Å². The van der Waals surface area contributed by atoms with Crippen molar-refractivity contribution in [1.82, 2.24) is 9.80 Å². The number of carbonyl (C=O) groups is 1. The van der Waals surface area contributed by atoms with Gasteiger partial charge in [0.1, 0.15) is 6.61 Å². The average Bonchev–Trinajstić information content (AvgIpc) is 3.37. The molecule has 1 amide bonds. The van der Waals surface area contributed by atoms with Crippen LogP contribution in [0.5, 0.6) is 0 Å². The van der Waals surface area contributed by atoms with Crippen LogP contribution in [-0.4, -0.2) is 60.1 Å². The molecule has 2 aliphatic heterocycles. The van der Waals surface area contributed by atoms with Gasteiger partial charge >= 0.3 is 0 Å². The first-order valence-corrected chi connectivity index (χ1v) is 8.82. The zero-order valence-electron chi connectivity index (χ0n) is 13.2. The van der Waals surface area contributed by atoms with Crippen LogP contribution >= 0.6 is 0 Å². The number of hydrogen-bond donors (Lipinski definition) is 0. The fraction of sp³-hybridized carbons (Fsp3) is 0.941. The Morgan fingerprint density at radius 2 is 1.71 bits per heavy atom. The Kier molecular flexibility index (Phi) is 3.49. The molecule has 4 aliphatic rings. The van der Waals surface area contributed by atoms with E-state index in [0.29, 0.717) is 6.61 Å². The van der Waals surface area contributed by atoms with E-state index in [9.17, 15) is 4.79 Å². The summed E-state index contributed by atoms with van der Waals surface area (Å²) in [4.78, 5) is 17.0. The molecule has 0 N–H and O–H groups in total. The van der Waals surface area contributed by atoms with E-state index in [1.165, 1.54) is 32.2 Å². The van der Waals surface area contributed by atoms with Crippen molar-refractivity contribution in [2.24, 2.45) is 11.8 Å². The van der Waals surface area contributed by atoms with Gasteiger partial charge in [0.2, 0.25) is 5.91 Å². The molecule has 0 aromatic carbocycles. The predicted molar refractivity (Wildman–Crippen MR) is 81.0 cm³/mol. The zero-order chi connectivity index (χ0) is 14.4. The van der Waals surface area contributed by atoms with Crippen LogP contribution in [0.1, 0.15) is 45.4 Å². The van der Waals surface area contributed by atoms with Crippen molar-refractivity contribution < 1.29 is 9.53 Å². The van der Waals surface area contributed by atoms with Gasteiger partial charge in [0.15, 0.2) is 0 Å². The normalized spacial score (nSPS) is 33.7. The largest absolute Gasteiger partial charge is 0.363 e. The third-order valence-electron chi connectivity index (χ3n) is 6.10. The van der Waals surface area contributed by atoms with Crippen LogP contribution < -0.4 is 0 Å². The number of carbonyl (C=O) groups excluding carboxylic acids is 1. The zero-order valence-corrected chi connectivity index (χ0v) is 13.2. The number of hydrogen-bond acceptors (Lipinski definition) is 3. The van der Waals surface area contributed by atoms with E-state index in [1.807, 2.05) is 0 Å². The summed E-state index contributed by atoms with van der Waals surface area (Å²) in [7, 11) is 0. The number of rotatable bonds is 4. The van der Waals surface area contributed by atoms with Gasteiger partial charge in [-0.15, -0.1) is 0 Å². The van der Waals surface area contributed by atoms with E-state index in [1.54, 1.807) is 0 Å². The van der Waals surface area contributed by atoms with Crippen molar-refractivity contribution in [1.29, 1.82) is 0 Å². The van der Waals surface area contributed by atoms with Gasteiger partial charge in [-0.05, 0) is 57.3 Å². The van der Waals surface area contributed by atoms with Crippen molar-refractivity contribution in [3.63, 3.8) is 0 Å². The minimum absolute atomic E-state index is 0.0666. The molecule has 4 nitrogen and oxygen atoms in total. The van der Waals surface area contributed by atoms with Crippen LogP contribution in [0.25, 0.3) is 0 Å². The Hall–Kier alpha value is -0.610. The second-order valence-corrected chi connectivity index (χ2v) is 7.76. The number of piperidine rings is 1. The van der Waals surface area contributed by atoms with Crippen LogP contribution in [0, 0.1) is 11.8 Å². The summed E-state index contributed by atoms with van der Waals surface area (Å²) >= 11 is 0. The lowest BCUT2D eigenvalue weighted by atomic mass is 9.82. The molecule has 4 rings (SSSR count). The maximum atomic E-state index is 12.2. The molecule has 1 spiro atoms. The molecular weight excluding hydrogens is 264 g/mol. The third kappa shape index (κ3) is 2.85. The predicted octanol–water partition coefficient (Wildman–Crippen LogP) is 1.89. The summed E-state index contributed by atoms with van der Waals surface area (Å²) in [6.07, 6.45) is 7.65. The summed E-state index contributed by atoms with van der Waals surface area (Å²) in [6.45, 7) is 7.07. The van der Waals surface area contributed by atoms with Crippen molar-refractivity contribution in [2.45, 2.75) is 57.1 Å². The van der Waals surface area contributed by atoms with Crippen molar-refractivity contribution in [2.75, 3.05) is 32.8 Å². The Balaban J connectivity index is 1.40. The standard InChI is InChI=1S/C17H28N2O2/c1-13-17(6-8-18(9-7-17)10-14-2-3-14)21-12-16(20)19(13)11-15-4-5-15/h13-15H,2-12H2,1H3/t13-/m0/s1. The first kappa shape index (κ1) is 14.0. The molecule has 0 aromatic heterocycles. The SMILES string of the molecule is C[C@@H]1N(CC2CC2)C(=O)COC12CCN(CC1CC1)CC2. The van der Waals surface area contributed by atoms with E-state index in [4.69, 9.17) is 4.74 Å². The highest BCUT2D eigenvalue weighted by Crippen LogP contribution is 2.39. The molecule has 4 heteroatoms. The molecule has 0 bridgehead atoms. The topological polar surface area (TPSA) is 32.8 Å². The van der Waals surface area contributed by atoms with E-state index in [0.717, 1.165) is 44.3 Å². The quantitative estimate of drug-likeness (QED) is 0.793. The maximum absolute atomic E-state index is 12.2. The van der Waals surface area contributed by atoms with Gasteiger partial charge in [0, 0.05) is 26.2 Å². The number of ether oxygens (including phenoxy) is 1. The van der Waals surface area contributed by atoms with E-state index >= 15 is 0 Å². The summed E-state index contributed by atoms with van der Waals surface area (Å²) < 4.78 is 6.11. The van der Waals surface area contributed by atoms with Crippen molar-refractivity contribution in [3.05, 3.63) is 0 Å². The molecule has 21 heavy (non-hydrogen) atoms. The highest BCUT2D eigenvalue weighted by atomic mass is 16.5. The first-order chi connectivity index (χ1) is 10.2. The number of likely N-dealkylation sites (tertiary alicyclic amines) is 1. The number of amides is 1. The maximum Gasteiger partial charge on any atom is 0.248 e. The summed E-state index contributed by atoms with van der Waals surface area (Å²) in [5.41, 5.74) is -0.0666. The Labute approximate surface area is 127 Å². The van der Waals surface area contributed by atoms with Gasteiger partial charge in [-0.1, -0.05) is 0 Å². The minimum atomic E-state index is -0.0666. The minimum Gasteiger partial charge on any atom is -0.363 e. The summed E-state index contributed by atoms with van der Waals surface area (Å²) in [5, 5.41) is 0. The van der Waals surface area contributed by atoms with Crippen molar-refractivity contribution in [3.8, 4) is 0 Å². The van der Waals surface area contributed by atoms with Crippen LogP contribution in [0.2, 0.25) is 0 Å². The lowest BCUT2D eigenvalue weighted by Crippen LogP contribution is -2.64. The first-order valence-electron chi connectivity index (χ1n) is 8.82. The smallest absolute Gasteiger partial charge is 0.248 e. The highest BCUT2D eigenvalue weighted by Gasteiger charge is 2.48.